The van der Waals surface area contributed by atoms with E-state index < -0.39 is 0 Å². The molecule has 0 unspecified atom stereocenters. The predicted molar refractivity (Wildman–Crippen MR) is 81.7 cm³/mol. The molecule has 1 aromatic carbocycles. The van der Waals surface area contributed by atoms with Crippen molar-refractivity contribution in [1.82, 2.24) is 0 Å². The van der Waals surface area contributed by atoms with Gasteiger partial charge < -0.3 is 14.6 Å². The second-order valence-electron chi connectivity index (χ2n) is 7.21. The molecule has 4 rings (SSSR count). The van der Waals surface area contributed by atoms with Crippen molar-refractivity contribution < 1.29 is 9.31 Å². The fourth-order valence-electron chi connectivity index (χ4n) is 3.98. The molecule has 3 aliphatic rings. The highest BCUT2D eigenvalue weighted by Gasteiger charge is 2.47. The Labute approximate surface area is 121 Å². The van der Waals surface area contributed by atoms with Crippen LogP contribution in [0.5, 0.6) is 0 Å². The fourth-order valence-corrected chi connectivity index (χ4v) is 3.98. The molecule has 0 amide bonds. The quantitative estimate of drug-likeness (QED) is 0.795. The van der Waals surface area contributed by atoms with E-state index in [1.54, 1.807) is 0 Å². The van der Waals surface area contributed by atoms with Gasteiger partial charge >= 0.3 is 7.12 Å². The normalized spacial score (nSPS) is 25.4. The first kappa shape index (κ1) is 12.7. The SMILES string of the molecule is Cc1c(B2OCC(C)(C)O2)ccc2c1C1(CCC1)CN2. The largest absolute Gasteiger partial charge is 0.494 e. The van der Waals surface area contributed by atoms with Gasteiger partial charge in [-0.25, -0.2) is 0 Å². The number of nitrogens with one attached hydrogen (secondary N) is 1. The minimum Gasteiger partial charge on any atom is -0.404 e. The van der Waals surface area contributed by atoms with Gasteiger partial charge in [-0.3, -0.25) is 0 Å². The molecule has 2 aliphatic heterocycles. The predicted octanol–water partition coefficient (Wildman–Crippen LogP) is 2.36. The minimum atomic E-state index is -0.201. The van der Waals surface area contributed by atoms with Crippen molar-refractivity contribution in [2.45, 2.75) is 51.0 Å². The van der Waals surface area contributed by atoms with Crippen LogP contribution < -0.4 is 10.8 Å². The Hall–Kier alpha value is -0.995. The van der Waals surface area contributed by atoms with Gasteiger partial charge in [-0.15, -0.1) is 0 Å². The zero-order chi connectivity index (χ0) is 14.0. The van der Waals surface area contributed by atoms with Crippen molar-refractivity contribution in [3.05, 3.63) is 23.3 Å². The lowest BCUT2D eigenvalue weighted by Gasteiger charge is -2.39. The van der Waals surface area contributed by atoms with Crippen LogP contribution in [0.25, 0.3) is 0 Å². The van der Waals surface area contributed by atoms with Gasteiger partial charge in [0, 0.05) is 17.6 Å². The molecule has 2 heterocycles. The third-order valence-electron chi connectivity index (χ3n) is 5.23. The van der Waals surface area contributed by atoms with Crippen LogP contribution in [-0.2, 0) is 14.7 Å². The van der Waals surface area contributed by atoms with Gasteiger partial charge in [0.05, 0.1) is 12.2 Å². The zero-order valence-corrected chi connectivity index (χ0v) is 12.6. The summed E-state index contributed by atoms with van der Waals surface area (Å²) in [5.74, 6) is 0. The summed E-state index contributed by atoms with van der Waals surface area (Å²) in [6.07, 6.45) is 3.98. The van der Waals surface area contributed by atoms with Crippen molar-refractivity contribution >= 4 is 18.3 Å². The van der Waals surface area contributed by atoms with Gasteiger partial charge in [0.2, 0.25) is 0 Å². The Balaban J connectivity index is 1.75. The molecule has 0 bridgehead atoms. The number of hydrogen-bond donors (Lipinski definition) is 1. The number of hydrogen-bond acceptors (Lipinski definition) is 3. The Morgan fingerprint density at radius 1 is 1.25 bits per heavy atom. The molecule has 20 heavy (non-hydrogen) atoms. The summed E-state index contributed by atoms with van der Waals surface area (Å²) in [6, 6.07) is 4.38. The highest BCUT2D eigenvalue weighted by molar-refractivity contribution is 6.62. The van der Waals surface area contributed by atoms with Crippen LogP contribution in [0, 0.1) is 6.92 Å². The molecule has 4 heteroatoms. The molecule has 1 aromatic rings. The maximum atomic E-state index is 6.05. The van der Waals surface area contributed by atoms with Crippen LogP contribution in [0.4, 0.5) is 5.69 Å². The van der Waals surface area contributed by atoms with E-state index in [4.69, 9.17) is 9.31 Å². The van der Waals surface area contributed by atoms with E-state index in [1.165, 1.54) is 41.5 Å². The van der Waals surface area contributed by atoms with E-state index in [0.29, 0.717) is 12.0 Å². The van der Waals surface area contributed by atoms with Crippen LogP contribution >= 0.6 is 0 Å². The highest BCUT2D eigenvalue weighted by Crippen LogP contribution is 2.51. The number of rotatable bonds is 1. The summed E-state index contributed by atoms with van der Waals surface area (Å²) < 4.78 is 11.9. The van der Waals surface area contributed by atoms with Crippen molar-refractivity contribution in [3.8, 4) is 0 Å². The Bertz CT molecular complexity index is 566. The lowest BCUT2D eigenvalue weighted by molar-refractivity contribution is 0.137. The molecular formula is C16H22BNO2. The molecule has 1 spiro atoms. The Morgan fingerprint density at radius 3 is 2.65 bits per heavy atom. The van der Waals surface area contributed by atoms with Gasteiger partial charge in [0.15, 0.2) is 0 Å². The van der Waals surface area contributed by atoms with Crippen molar-refractivity contribution in [2.24, 2.45) is 0 Å². The summed E-state index contributed by atoms with van der Waals surface area (Å²) in [5, 5.41) is 3.59. The van der Waals surface area contributed by atoms with Crippen molar-refractivity contribution in [2.75, 3.05) is 18.5 Å². The third-order valence-corrected chi connectivity index (χ3v) is 5.23. The summed E-state index contributed by atoms with van der Waals surface area (Å²) in [5.41, 5.74) is 5.65. The first-order valence-electron chi connectivity index (χ1n) is 7.68. The average molecular weight is 271 g/mol. The molecule has 2 fully saturated rings. The summed E-state index contributed by atoms with van der Waals surface area (Å²) >= 11 is 0. The molecule has 1 saturated carbocycles. The topological polar surface area (TPSA) is 30.5 Å². The molecule has 1 N–H and O–H groups in total. The van der Waals surface area contributed by atoms with E-state index >= 15 is 0 Å². The molecule has 106 valence electrons. The lowest BCUT2D eigenvalue weighted by atomic mass is 9.62. The van der Waals surface area contributed by atoms with E-state index in [-0.39, 0.29) is 12.7 Å². The van der Waals surface area contributed by atoms with Gasteiger partial charge in [0.25, 0.3) is 0 Å². The molecular weight excluding hydrogens is 249 g/mol. The summed E-state index contributed by atoms with van der Waals surface area (Å²) in [6.45, 7) is 8.18. The van der Waals surface area contributed by atoms with E-state index in [2.05, 4.69) is 38.2 Å². The van der Waals surface area contributed by atoms with Crippen LogP contribution in [0.1, 0.15) is 44.2 Å². The van der Waals surface area contributed by atoms with Gasteiger partial charge in [-0.05, 0) is 56.3 Å². The minimum absolute atomic E-state index is 0.178. The molecule has 0 atom stereocenters. The van der Waals surface area contributed by atoms with E-state index in [1.807, 2.05) is 0 Å². The maximum absolute atomic E-state index is 6.05. The highest BCUT2D eigenvalue weighted by atomic mass is 16.7. The first-order valence-corrected chi connectivity index (χ1v) is 7.68. The van der Waals surface area contributed by atoms with Gasteiger partial charge in [-0.1, -0.05) is 12.5 Å². The monoisotopic (exact) mass is 271 g/mol. The zero-order valence-electron chi connectivity index (χ0n) is 12.6. The Kier molecular flexibility index (Phi) is 2.56. The molecule has 3 nitrogen and oxygen atoms in total. The van der Waals surface area contributed by atoms with Gasteiger partial charge in [-0.2, -0.15) is 0 Å². The number of fused-ring (bicyclic) bond motifs is 2. The second-order valence-corrected chi connectivity index (χ2v) is 7.21. The second kappa shape index (κ2) is 4.02. The lowest BCUT2D eigenvalue weighted by Crippen LogP contribution is -2.40. The maximum Gasteiger partial charge on any atom is 0.494 e. The molecule has 1 saturated heterocycles. The van der Waals surface area contributed by atoms with E-state index in [9.17, 15) is 0 Å². The first-order chi connectivity index (χ1) is 9.51. The molecule has 0 radical (unpaired) electrons. The van der Waals surface area contributed by atoms with Crippen LogP contribution in [0.2, 0.25) is 0 Å². The summed E-state index contributed by atoms with van der Waals surface area (Å²) in [4.78, 5) is 0. The van der Waals surface area contributed by atoms with Crippen LogP contribution in [0.15, 0.2) is 12.1 Å². The standard InChI is InChI=1S/C16H22BNO2/c1-11-12(17-19-10-15(2,3)20-17)5-6-13-14(11)16(9-18-13)7-4-8-16/h5-6,18H,4,7-10H2,1-3H3. The smallest absolute Gasteiger partial charge is 0.404 e. The van der Waals surface area contributed by atoms with Crippen LogP contribution in [0.3, 0.4) is 0 Å². The number of benzene rings is 1. The fraction of sp³-hybridized carbons (Fsp3) is 0.625. The average Bonchev–Trinajstić information content (AvgIpc) is 2.90. The molecule has 0 aromatic heterocycles. The van der Waals surface area contributed by atoms with Crippen molar-refractivity contribution in [3.63, 3.8) is 0 Å². The Morgan fingerprint density at radius 2 is 2.05 bits per heavy atom. The van der Waals surface area contributed by atoms with Crippen molar-refractivity contribution in [1.29, 1.82) is 0 Å². The third kappa shape index (κ3) is 1.67. The summed E-state index contributed by atoms with van der Waals surface area (Å²) in [7, 11) is -0.201. The number of anilines is 1. The van der Waals surface area contributed by atoms with Gasteiger partial charge in [0.1, 0.15) is 0 Å². The van der Waals surface area contributed by atoms with Crippen LogP contribution in [-0.4, -0.2) is 25.9 Å². The van der Waals surface area contributed by atoms with E-state index in [0.717, 1.165) is 6.54 Å². The molecule has 1 aliphatic carbocycles.